The van der Waals surface area contributed by atoms with Crippen LogP contribution in [-0.2, 0) is 24.1 Å². The Morgan fingerprint density at radius 1 is 1.32 bits per heavy atom. The number of halogens is 1. The highest BCUT2D eigenvalue weighted by atomic mass is 35.5. The van der Waals surface area contributed by atoms with E-state index in [1.54, 1.807) is 4.90 Å². The molecule has 1 aromatic rings. The zero-order valence-corrected chi connectivity index (χ0v) is 17.6. The fraction of sp³-hybridized carbons (Fsp3) is 0.562. The van der Waals surface area contributed by atoms with Crippen molar-refractivity contribution in [1.29, 1.82) is 0 Å². The van der Waals surface area contributed by atoms with Gasteiger partial charge in [0.25, 0.3) is 5.91 Å². The largest absolute Gasteiger partial charge is 0.467 e. The summed E-state index contributed by atoms with van der Waals surface area (Å²) in [4.78, 5) is 39.7. The van der Waals surface area contributed by atoms with E-state index in [2.05, 4.69) is 0 Å². The van der Waals surface area contributed by atoms with E-state index in [9.17, 15) is 22.8 Å². The van der Waals surface area contributed by atoms with Gasteiger partial charge >= 0.3 is 12.1 Å². The molecule has 3 heterocycles. The maximum Gasteiger partial charge on any atom is 0.410 e. The number of thiophene rings is 1. The molecule has 3 rings (SSSR count). The number of piperidine rings is 1. The molecule has 0 saturated carbocycles. The lowest BCUT2D eigenvalue weighted by molar-refractivity contribution is -0.145. The quantitative estimate of drug-likeness (QED) is 0.637. The van der Waals surface area contributed by atoms with Gasteiger partial charge in [0.15, 0.2) is 15.9 Å². The molecule has 154 valence electrons. The number of hydrogen-bond donors (Lipinski definition) is 0. The Morgan fingerprint density at radius 2 is 1.96 bits per heavy atom. The molecule has 1 aromatic heterocycles. The van der Waals surface area contributed by atoms with Gasteiger partial charge in [-0.2, -0.15) is 0 Å². The van der Waals surface area contributed by atoms with E-state index in [-0.39, 0.29) is 33.4 Å². The van der Waals surface area contributed by atoms with Crippen molar-refractivity contribution in [2.75, 3.05) is 33.1 Å². The van der Waals surface area contributed by atoms with Crippen molar-refractivity contribution in [2.45, 2.75) is 29.8 Å². The smallest absolute Gasteiger partial charge is 0.410 e. The van der Waals surface area contributed by atoms with Crippen LogP contribution in [0.2, 0.25) is 5.02 Å². The minimum atomic E-state index is -3.51. The summed E-state index contributed by atoms with van der Waals surface area (Å²) in [5, 5.41) is 1.30. The van der Waals surface area contributed by atoms with Gasteiger partial charge in [-0.05, 0) is 12.8 Å². The Hall–Kier alpha value is -1.85. The molecule has 0 N–H and O–H groups in total. The van der Waals surface area contributed by atoms with Crippen LogP contribution in [0.3, 0.4) is 0 Å². The third-order valence-corrected chi connectivity index (χ3v) is 7.68. The van der Waals surface area contributed by atoms with Crippen LogP contribution in [0.1, 0.15) is 22.5 Å². The molecule has 2 saturated heterocycles. The first-order valence-corrected chi connectivity index (χ1v) is 11.6. The molecule has 2 aliphatic rings. The van der Waals surface area contributed by atoms with Crippen LogP contribution in [0.5, 0.6) is 0 Å². The highest BCUT2D eigenvalue weighted by molar-refractivity contribution is 7.91. The molecular weight excluding hydrogens is 432 g/mol. The number of likely N-dealkylation sites (tertiary alicyclic amines) is 1. The second-order valence-corrected chi connectivity index (χ2v) is 9.80. The summed E-state index contributed by atoms with van der Waals surface area (Å²) in [5.41, 5.74) is 0. The van der Waals surface area contributed by atoms with Gasteiger partial charge in [-0.15, -0.1) is 11.3 Å². The lowest BCUT2D eigenvalue weighted by Gasteiger charge is -2.37. The molecule has 12 heteroatoms. The van der Waals surface area contributed by atoms with Crippen LogP contribution in [-0.4, -0.2) is 81.3 Å². The molecule has 0 spiro atoms. The molecule has 1 unspecified atom stereocenters. The SMILES string of the molecule is COC(=O)C1COC(=O)N1C1CCN(C(=O)c2scc(S(C)(=O)=O)c2Cl)CC1. The van der Waals surface area contributed by atoms with Crippen molar-refractivity contribution in [2.24, 2.45) is 0 Å². The second kappa shape index (κ2) is 7.88. The predicted molar refractivity (Wildman–Crippen MR) is 100 cm³/mol. The zero-order chi connectivity index (χ0) is 20.6. The van der Waals surface area contributed by atoms with Crippen LogP contribution in [0.15, 0.2) is 10.3 Å². The lowest BCUT2D eigenvalue weighted by Crippen LogP contribution is -2.51. The number of ether oxygens (including phenoxy) is 2. The maximum absolute atomic E-state index is 12.7. The van der Waals surface area contributed by atoms with Crippen molar-refractivity contribution in [3.63, 3.8) is 0 Å². The van der Waals surface area contributed by atoms with Gasteiger partial charge in [-0.3, -0.25) is 9.69 Å². The summed E-state index contributed by atoms with van der Waals surface area (Å²) in [6, 6.07) is -1.04. The van der Waals surface area contributed by atoms with E-state index >= 15 is 0 Å². The number of sulfone groups is 1. The summed E-state index contributed by atoms with van der Waals surface area (Å²) < 4.78 is 33.1. The average Bonchev–Trinajstić information content (AvgIpc) is 3.23. The number of esters is 1. The number of carbonyl (C=O) groups excluding carboxylic acids is 3. The number of amides is 2. The fourth-order valence-electron chi connectivity index (χ4n) is 3.37. The monoisotopic (exact) mass is 450 g/mol. The van der Waals surface area contributed by atoms with Gasteiger partial charge in [0.2, 0.25) is 0 Å². The molecule has 2 fully saturated rings. The Kier molecular flexibility index (Phi) is 5.87. The Bertz CT molecular complexity index is 906. The maximum atomic E-state index is 12.7. The minimum absolute atomic E-state index is 0.0519. The molecular formula is C16H19ClN2O7S2. The van der Waals surface area contributed by atoms with Crippen LogP contribution in [0.4, 0.5) is 4.79 Å². The highest BCUT2D eigenvalue weighted by Crippen LogP contribution is 2.33. The number of cyclic esters (lactones) is 1. The molecule has 1 atom stereocenters. The standard InChI is InChI=1S/C16H19ClN2O7S2/c1-25-15(21)10-7-26-16(22)19(10)9-3-5-18(6-4-9)14(20)13-12(17)11(8-27-13)28(2,23)24/h8-10H,3-7H2,1-2H3. The van der Waals surface area contributed by atoms with Crippen molar-refractivity contribution < 1.29 is 32.3 Å². The lowest BCUT2D eigenvalue weighted by atomic mass is 10.0. The molecule has 28 heavy (non-hydrogen) atoms. The summed E-state index contributed by atoms with van der Waals surface area (Å²) in [7, 11) is -2.26. The first-order chi connectivity index (χ1) is 13.1. The second-order valence-electron chi connectivity index (χ2n) is 6.56. The number of methoxy groups -OCH3 is 1. The normalized spacial score (nSPS) is 21.0. The van der Waals surface area contributed by atoms with E-state index in [0.29, 0.717) is 25.9 Å². The predicted octanol–water partition coefficient (Wildman–Crippen LogP) is 1.40. The van der Waals surface area contributed by atoms with Gasteiger partial charge in [-0.25, -0.2) is 18.0 Å². The van der Waals surface area contributed by atoms with Crippen LogP contribution >= 0.6 is 22.9 Å². The van der Waals surface area contributed by atoms with E-state index in [1.165, 1.54) is 17.4 Å². The van der Waals surface area contributed by atoms with E-state index in [4.69, 9.17) is 21.1 Å². The molecule has 9 nitrogen and oxygen atoms in total. The van der Waals surface area contributed by atoms with Gasteiger partial charge in [0.05, 0.1) is 17.0 Å². The third kappa shape index (κ3) is 3.83. The van der Waals surface area contributed by atoms with Crippen molar-refractivity contribution in [1.82, 2.24) is 9.80 Å². The topological polar surface area (TPSA) is 110 Å². The summed E-state index contributed by atoms with van der Waals surface area (Å²) in [6.07, 6.45) is 1.37. The molecule has 2 amide bonds. The van der Waals surface area contributed by atoms with Gasteiger partial charge < -0.3 is 14.4 Å². The molecule has 0 radical (unpaired) electrons. The van der Waals surface area contributed by atoms with E-state index in [0.717, 1.165) is 17.6 Å². The van der Waals surface area contributed by atoms with E-state index < -0.39 is 27.9 Å². The Morgan fingerprint density at radius 3 is 2.50 bits per heavy atom. The molecule has 0 aliphatic carbocycles. The average molecular weight is 451 g/mol. The van der Waals surface area contributed by atoms with Crippen LogP contribution < -0.4 is 0 Å². The highest BCUT2D eigenvalue weighted by Gasteiger charge is 2.44. The van der Waals surface area contributed by atoms with Crippen LogP contribution in [0.25, 0.3) is 0 Å². The van der Waals surface area contributed by atoms with Gasteiger partial charge in [-0.1, -0.05) is 11.6 Å². The number of rotatable bonds is 4. The molecule has 0 bridgehead atoms. The molecule has 0 aromatic carbocycles. The first kappa shape index (κ1) is 20.9. The number of hydrogen-bond acceptors (Lipinski definition) is 8. The van der Waals surface area contributed by atoms with Crippen LogP contribution in [0, 0.1) is 0 Å². The Balaban J connectivity index is 1.69. The third-order valence-electron chi connectivity index (χ3n) is 4.82. The summed E-state index contributed by atoms with van der Waals surface area (Å²) >= 11 is 7.10. The zero-order valence-electron chi connectivity index (χ0n) is 15.2. The fourth-order valence-corrected chi connectivity index (χ4v) is 6.24. The van der Waals surface area contributed by atoms with Crippen molar-refractivity contribution >= 4 is 50.7 Å². The van der Waals surface area contributed by atoms with Crippen molar-refractivity contribution in [3.8, 4) is 0 Å². The Labute approximate surface area is 171 Å². The minimum Gasteiger partial charge on any atom is -0.467 e. The van der Waals surface area contributed by atoms with E-state index in [1.807, 2.05) is 0 Å². The number of nitrogens with zero attached hydrogens (tertiary/aromatic N) is 2. The first-order valence-electron chi connectivity index (χ1n) is 8.44. The summed E-state index contributed by atoms with van der Waals surface area (Å²) in [6.45, 7) is 0.622. The number of carbonyl (C=O) groups is 3. The molecule has 2 aliphatic heterocycles. The van der Waals surface area contributed by atoms with Gasteiger partial charge in [0.1, 0.15) is 11.5 Å². The van der Waals surface area contributed by atoms with Gasteiger partial charge in [0, 0.05) is 30.8 Å². The van der Waals surface area contributed by atoms with Crippen molar-refractivity contribution in [3.05, 3.63) is 15.3 Å². The summed E-state index contributed by atoms with van der Waals surface area (Å²) in [5.74, 6) is -0.889.